The second kappa shape index (κ2) is 5.80. The highest BCUT2D eigenvalue weighted by Gasteiger charge is 2.15. The van der Waals surface area contributed by atoms with Crippen molar-refractivity contribution in [3.05, 3.63) is 29.6 Å². The molecule has 1 aromatic rings. The first kappa shape index (κ1) is 13.7. The lowest BCUT2D eigenvalue weighted by atomic mass is 10.1. The van der Waals surface area contributed by atoms with Gasteiger partial charge in [0.25, 0.3) is 0 Å². The Bertz CT molecular complexity index is 401. The zero-order valence-corrected chi connectivity index (χ0v) is 11.0. The van der Waals surface area contributed by atoms with Crippen LogP contribution in [0.4, 0.5) is 10.1 Å². The Labute approximate surface area is 102 Å². The summed E-state index contributed by atoms with van der Waals surface area (Å²) in [5.74, 6) is 0.129. The van der Waals surface area contributed by atoms with Crippen LogP contribution in [0.2, 0.25) is 0 Å². The van der Waals surface area contributed by atoms with Crippen LogP contribution in [0.15, 0.2) is 18.2 Å². The van der Waals surface area contributed by atoms with Crippen molar-refractivity contribution in [1.29, 1.82) is 0 Å². The van der Waals surface area contributed by atoms with Gasteiger partial charge in [-0.05, 0) is 31.4 Å². The third-order valence-electron chi connectivity index (χ3n) is 2.79. The number of hydrogen-bond donors (Lipinski definition) is 0. The number of halogens is 1. The maximum absolute atomic E-state index is 13.8. The largest absolute Gasteiger partial charge is 0.372 e. The van der Waals surface area contributed by atoms with Gasteiger partial charge in [0.15, 0.2) is 5.78 Å². The number of carbonyl (C=O) groups excluding carboxylic acids is 1. The molecule has 0 atom stereocenters. The van der Waals surface area contributed by atoms with Gasteiger partial charge in [-0.3, -0.25) is 4.79 Å². The molecule has 0 bridgehead atoms. The summed E-state index contributed by atoms with van der Waals surface area (Å²) in [5.41, 5.74) is 0.872. The van der Waals surface area contributed by atoms with Crippen molar-refractivity contribution in [3.63, 3.8) is 0 Å². The van der Waals surface area contributed by atoms with Crippen LogP contribution in [0.1, 0.15) is 37.6 Å². The van der Waals surface area contributed by atoms with E-state index < -0.39 is 0 Å². The van der Waals surface area contributed by atoms with E-state index in [1.165, 1.54) is 13.0 Å². The minimum atomic E-state index is -0.330. The third kappa shape index (κ3) is 3.55. The minimum absolute atomic E-state index is 0.101. The molecule has 0 N–H and O–H groups in total. The average molecular weight is 237 g/mol. The Morgan fingerprint density at radius 1 is 1.41 bits per heavy atom. The van der Waals surface area contributed by atoms with E-state index in [4.69, 9.17) is 0 Å². The van der Waals surface area contributed by atoms with Crippen LogP contribution in [0, 0.1) is 11.7 Å². The number of ketones is 1. The van der Waals surface area contributed by atoms with Crippen molar-refractivity contribution in [3.8, 4) is 0 Å². The zero-order chi connectivity index (χ0) is 13.0. The van der Waals surface area contributed by atoms with Crippen LogP contribution < -0.4 is 4.90 Å². The lowest BCUT2D eigenvalue weighted by Gasteiger charge is -2.23. The quantitative estimate of drug-likeness (QED) is 0.730. The van der Waals surface area contributed by atoms with E-state index in [-0.39, 0.29) is 11.6 Å². The van der Waals surface area contributed by atoms with E-state index in [2.05, 4.69) is 13.8 Å². The number of Topliss-reactive ketones (excluding diaryl/α,β-unsaturated/α-hetero) is 1. The molecule has 0 aliphatic heterocycles. The predicted octanol–water partition coefficient (Wildman–Crippen LogP) is 3.51. The monoisotopic (exact) mass is 237 g/mol. The summed E-state index contributed by atoms with van der Waals surface area (Å²) < 4.78 is 13.8. The summed E-state index contributed by atoms with van der Waals surface area (Å²) in [6.07, 6.45) is 0.974. The van der Waals surface area contributed by atoms with Crippen LogP contribution in [0.25, 0.3) is 0 Å². The lowest BCUT2D eigenvalue weighted by molar-refractivity contribution is 0.101. The molecule has 0 saturated carbocycles. The number of hydrogen-bond acceptors (Lipinski definition) is 2. The molecular weight excluding hydrogens is 217 g/mol. The Morgan fingerprint density at radius 2 is 2.06 bits per heavy atom. The van der Waals surface area contributed by atoms with Gasteiger partial charge in [-0.2, -0.15) is 0 Å². The van der Waals surface area contributed by atoms with Crippen molar-refractivity contribution >= 4 is 11.5 Å². The van der Waals surface area contributed by atoms with Gasteiger partial charge in [-0.15, -0.1) is 0 Å². The molecular formula is C14H20FNO. The van der Waals surface area contributed by atoms with E-state index >= 15 is 0 Å². The molecule has 0 aromatic heterocycles. The van der Waals surface area contributed by atoms with E-state index in [9.17, 15) is 9.18 Å². The van der Waals surface area contributed by atoms with Crippen LogP contribution in [0.3, 0.4) is 0 Å². The second-order valence-corrected chi connectivity index (χ2v) is 4.80. The summed E-state index contributed by atoms with van der Waals surface area (Å²) >= 11 is 0. The molecule has 94 valence electrons. The summed E-state index contributed by atoms with van der Waals surface area (Å²) in [6, 6.07) is 4.64. The Kier molecular flexibility index (Phi) is 4.67. The van der Waals surface area contributed by atoms with Gasteiger partial charge in [0.1, 0.15) is 5.82 Å². The molecule has 3 heteroatoms. The first-order chi connectivity index (χ1) is 7.93. The van der Waals surface area contributed by atoms with Crippen LogP contribution in [-0.2, 0) is 0 Å². The molecule has 0 saturated heterocycles. The van der Waals surface area contributed by atoms with Crippen molar-refractivity contribution in [2.75, 3.05) is 18.5 Å². The molecule has 0 fully saturated rings. The number of para-hydroxylation sites is 1. The van der Waals surface area contributed by atoms with Gasteiger partial charge in [0.05, 0.1) is 5.69 Å². The van der Waals surface area contributed by atoms with E-state index in [0.717, 1.165) is 13.0 Å². The maximum Gasteiger partial charge on any atom is 0.161 e. The molecule has 0 spiro atoms. The molecule has 1 rings (SSSR count). The van der Waals surface area contributed by atoms with Crippen molar-refractivity contribution in [1.82, 2.24) is 0 Å². The minimum Gasteiger partial charge on any atom is -0.372 e. The molecule has 17 heavy (non-hydrogen) atoms. The molecule has 0 aliphatic rings. The first-order valence-electron chi connectivity index (χ1n) is 5.94. The van der Waals surface area contributed by atoms with Gasteiger partial charge in [-0.25, -0.2) is 4.39 Å². The standard InChI is InChI=1S/C14H20FNO/c1-10(2)8-9-16(4)14-12(11(3)17)6-5-7-13(14)15/h5-7,10H,8-9H2,1-4H3. The average Bonchev–Trinajstić information content (AvgIpc) is 2.25. The predicted molar refractivity (Wildman–Crippen MR) is 69.1 cm³/mol. The smallest absolute Gasteiger partial charge is 0.161 e. The first-order valence-corrected chi connectivity index (χ1v) is 5.94. The van der Waals surface area contributed by atoms with Gasteiger partial charge >= 0.3 is 0 Å². The fourth-order valence-corrected chi connectivity index (χ4v) is 1.75. The highest BCUT2D eigenvalue weighted by molar-refractivity contribution is 5.99. The lowest BCUT2D eigenvalue weighted by Crippen LogP contribution is -2.23. The van der Waals surface area contributed by atoms with Gasteiger partial charge in [-0.1, -0.05) is 19.9 Å². The SMILES string of the molecule is CC(=O)c1cccc(F)c1N(C)CCC(C)C. The highest BCUT2D eigenvalue weighted by atomic mass is 19.1. The maximum atomic E-state index is 13.8. The molecule has 1 aromatic carbocycles. The second-order valence-electron chi connectivity index (χ2n) is 4.80. The molecule has 2 nitrogen and oxygen atoms in total. The topological polar surface area (TPSA) is 20.3 Å². The van der Waals surface area contributed by atoms with Crippen LogP contribution >= 0.6 is 0 Å². The number of carbonyl (C=O) groups is 1. The summed E-state index contributed by atoms with van der Waals surface area (Å²) in [7, 11) is 1.83. The van der Waals surface area contributed by atoms with E-state index in [1.807, 2.05) is 11.9 Å². The summed E-state index contributed by atoms with van der Waals surface area (Å²) in [6.45, 7) is 6.47. The fraction of sp³-hybridized carbons (Fsp3) is 0.500. The summed E-state index contributed by atoms with van der Waals surface area (Å²) in [5, 5.41) is 0. The Balaban J connectivity index is 2.98. The normalized spacial score (nSPS) is 10.7. The molecule has 0 radical (unpaired) electrons. The number of rotatable bonds is 5. The van der Waals surface area contributed by atoms with Gasteiger partial charge < -0.3 is 4.90 Å². The molecule has 0 unspecified atom stereocenters. The van der Waals surface area contributed by atoms with Crippen molar-refractivity contribution in [2.45, 2.75) is 27.2 Å². The molecule has 0 amide bonds. The van der Waals surface area contributed by atoms with E-state index in [0.29, 0.717) is 17.2 Å². The van der Waals surface area contributed by atoms with Gasteiger partial charge in [0.2, 0.25) is 0 Å². The Morgan fingerprint density at radius 3 is 2.59 bits per heavy atom. The molecule has 0 heterocycles. The fourth-order valence-electron chi connectivity index (χ4n) is 1.75. The van der Waals surface area contributed by atoms with Crippen molar-refractivity contribution < 1.29 is 9.18 Å². The van der Waals surface area contributed by atoms with Crippen LogP contribution in [0.5, 0.6) is 0 Å². The third-order valence-corrected chi connectivity index (χ3v) is 2.79. The number of benzene rings is 1. The summed E-state index contributed by atoms with van der Waals surface area (Å²) in [4.78, 5) is 13.3. The van der Waals surface area contributed by atoms with Crippen LogP contribution in [-0.4, -0.2) is 19.4 Å². The highest BCUT2D eigenvalue weighted by Crippen LogP contribution is 2.24. The van der Waals surface area contributed by atoms with E-state index in [1.54, 1.807) is 12.1 Å². The zero-order valence-electron chi connectivity index (χ0n) is 11.0. The number of nitrogens with zero attached hydrogens (tertiary/aromatic N) is 1. The molecule has 0 aliphatic carbocycles. The number of anilines is 1. The van der Waals surface area contributed by atoms with Crippen molar-refractivity contribution in [2.24, 2.45) is 5.92 Å². The Hall–Kier alpha value is -1.38. The van der Waals surface area contributed by atoms with Gasteiger partial charge in [0, 0.05) is 19.2 Å².